The fourth-order valence-electron chi connectivity index (χ4n) is 0.275. The van der Waals surface area contributed by atoms with Crippen LogP contribution in [0.25, 0.3) is 0 Å². The molecule has 0 unspecified atom stereocenters. The maximum Gasteiger partial charge on any atom is 2.00 e. The van der Waals surface area contributed by atoms with Crippen LogP contribution in [0.3, 0.4) is 0 Å². The van der Waals surface area contributed by atoms with Gasteiger partial charge in [0.25, 0.3) is 0 Å². The molecule has 0 amide bonds. The Morgan fingerprint density at radius 2 is 2.00 bits per heavy atom. The van der Waals surface area contributed by atoms with Crippen molar-refractivity contribution in [2.24, 2.45) is 0 Å². The number of ketones is 1. The molecular formula is C5H10MgO3. The topological polar surface area (TPSA) is 43.4 Å². The van der Waals surface area contributed by atoms with Crippen molar-refractivity contribution in [1.29, 1.82) is 0 Å². The Labute approximate surface area is 72.9 Å². The van der Waals surface area contributed by atoms with E-state index in [1.54, 1.807) is 0 Å². The van der Waals surface area contributed by atoms with E-state index in [1.165, 1.54) is 14.0 Å². The van der Waals surface area contributed by atoms with Crippen molar-refractivity contribution in [1.82, 2.24) is 0 Å². The van der Waals surface area contributed by atoms with Gasteiger partial charge < -0.3 is 7.59 Å². The number of rotatable bonds is 2. The number of methoxy groups -OCH3 is 1. The van der Waals surface area contributed by atoms with Crippen LogP contribution in [0.1, 0.15) is 16.2 Å². The van der Waals surface area contributed by atoms with E-state index in [2.05, 4.69) is 4.74 Å². The standard InChI is InChI=1S/C5H8O3.Mg.2H/c1-4(6)3-5(7)8-2;;;/h3H2,1-2H3;;;/q;+2;2*-1. The molecule has 0 rings (SSSR count). The van der Waals surface area contributed by atoms with Gasteiger partial charge in [0.2, 0.25) is 0 Å². The Kier molecular flexibility index (Phi) is 7.82. The Balaban J connectivity index is -0.0000000817. The first-order chi connectivity index (χ1) is 3.66. The van der Waals surface area contributed by atoms with Crippen molar-refractivity contribution in [2.45, 2.75) is 13.3 Å². The zero-order valence-corrected chi connectivity index (χ0v) is 7.05. The molecule has 0 aliphatic heterocycles. The van der Waals surface area contributed by atoms with E-state index in [0.717, 1.165) is 0 Å². The van der Waals surface area contributed by atoms with Gasteiger partial charge >= 0.3 is 29.0 Å². The quantitative estimate of drug-likeness (QED) is 0.309. The summed E-state index contributed by atoms with van der Waals surface area (Å²) in [6.45, 7) is 1.34. The van der Waals surface area contributed by atoms with E-state index in [0.29, 0.717) is 0 Å². The predicted octanol–water partition coefficient (Wildman–Crippen LogP) is -0.0173. The van der Waals surface area contributed by atoms with E-state index >= 15 is 0 Å². The molecule has 4 heteroatoms. The van der Waals surface area contributed by atoms with Gasteiger partial charge in [-0.25, -0.2) is 0 Å². The smallest absolute Gasteiger partial charge is 1.00 e. The minimum atomic E-state index is -0.475. The SMILES string of the molecule is COC(=O)CC(C)=O.[H-].[H-].[Mg+2]. The van der Waals surface area contributed by atoms with Gasteiger partial charge in [-0.1, -0.05) is 0 Å². The van der Waals surface area contributed by atoms with E-state index in [9.17, 15) is 9.59 Å². The molecule has 9 heavy (non-hydrogen) atoms. The molecule has 0 aromatic carbocycles. The molecule has 0 bridgehead atoms. The van der Waals surface area contributed by atoms with Crippen molar-refractivity contribution >= 4 is 34.8 Å². The molecule has 0 heterocycles. The van der Waals surface area contributed by atoms with Crippen LogP contribution in [0.4, 0.5) is 0 Å². The van der Waals surface area contributed by atoms with E-state index in [4.69, 9.17) is 0 Å². The average molecular weight is 142 g/mol. The molecule has 0 spiro atoms. The number of carbonyl (C=O) groups is 2. The van der Waals surface area contributed by atoms with Crippen molar-refractivity contribution in [2.75, 3.05) is 7.11 Å². The molecule has 0 N–H and O–H groups in total. The summed E-state index contributed by atoms with van der Waals surface area (Å²) in [6.07, 6.45) is -0.115. The van der Waals surface area contributed by atoms with Gasteiger partial charge in [0.1, 0.15) is 12.2 Å². The Morgan fingerprint density at radius 3 is 2.11 bits per heavy atom. The van der Waals surface area contributed by atoms with Crippen LogP contribution >= 0.6 is 0 Å². The molecule has 50 valence electrons. The summed E-state index contributed by atoms with van der Waals surface area (Å²) >= 11 is 0. The summed E-state index contributed by atoms with van der Waals surface area (Å²) in [7, 11) is 1.26. The van der Waals surface area contributed by atoms with Crippen LogP contribution in [0.2, 0.25) is 0 Å². The molecule has 0 aromatic rings. The predicted molar refractivity (Wildman–Crippen MR) is 35.3 cm³/mol. The van der Waals surface area contributed by atoms with Crippen LogP contribution in [0, 0.1) is 0 Å². The van der Waals surface area contributed by atoms with Gasteiger partial charge in [0.05, 0.1) is 7.11 Å². The number of hydrogen-bond acceptors (Lipinski definition) is 3. The van der Waals surface area contributed by atoms with Crippen molar-refractivity contribution in [3.63, 3.8) is 0 Å². The maximum absolute atomic E-state index is 10.2. The molecule has 0 aliphatic rings. The summed E-state index contributed by atoms with van der Waals surface area (Å²) < 4.78 is 4.20. The molecule has 0 radical (unpaired) electrons. The molecule has 0 saturated carbocycles. The van der Waals surface area contributed by atoms with Gasteiger partial charge in [-0.05, 0) is 6.92 Å². The largest absolute Gasteiger partial charge is 2.00 e. The van der Waals surface area contributed by atoms with E-state index in [-0.39, 0.29) is 38.1 Å². The Morgan fingerprint density at radius 1 is 1.56 bits per heavy atom. The van der Waals surface area contributed by atoms with Crippen molar-refractivity contribution in [3.05, 3.63) is 0 Å². The van der Waals surface area contributed by atoms with Crippen LogP contribution in [-0.2, 0) is 14.3 Å². The van der Waals surface area contributed by atoms with Gasteiger partial charge in [-0.15, -0.1) is 0 Å². The minimum Gasteiger partial charge on any atom is -1.00 e. The fraction of sp³-hybridized carbons (Fsp3) is 0.600. The number of hydrogen-bond donors (Lipinski definition) is 0. The zero-order valence-electron chi connectivity index (χ0n) is 7.64. The first kappa shape index (κ1) is 11.7. The van der Waals surface area contributed by atoms with Gasteiger partial charge in [-0.2, -0.15) is 0 Å². The van der Waals surface area contributed by atoms with Gasteiger partial charge in [-0.3, -0.25) is 9.59 Å². The van der Waals surface area contributed by atoms with Crippen LogP contribution in [0.15, 0.2) is 0 Å². The molecule has 0 atom stereocenters. The maximum atomic E-state index is 10.2. The summed E-state index contributed by atoms with van der Waals surface area (Å²) in [5, 5.41) is 0. The number of esters is 1. The number of ether oxygens (including phenoxy) is 1. The molecule has 0 aliphatic carbocycles. The van der Waals surface area contributed by atoms with Crippen LogP contribution in [0.5, 0.6) is 0 Å². The van der Waals surface area contributed by atoms with Crippen LogP contribution in [-0.4, -0.2) is 41.9 Å². The molecule has 0 saturated heterocycles. The third-order valence-electron chi connectivity index (χ3n) is 0.621. The third-order valence-corrected chi connectivity index (χ3v) is 0.621. The van der Waals surface area contributed by atoms with Crippen molar-refractivity contribution < 1.29 is 17.2 Å². The Bertz CT molecular complexity index is 118. The third kappa shape index (κ3) is 7.91. The Hall–Kier alpha value is -0.0938. The monoisotopic (exact) mass is 142 g/mol. The van der Waals surface area contributed by atoms with E-state index in [1.807, 2.05) is 0 Å². The number of Topliss-reactive ketones (excluding diaryl/α,β-unsaturated/α-hetero) is 1. The van der Waals surface area contributed by atoms with E-state index < -0.39 is 5.97 Å². The molecule has 0 aromatic heterocycles. The molecule has 3 nitrogen and oxygen atoms in total. The summed E-state index contributed by atoms with van der Waals surface area (Å²) in [5.41, 5.74) is 0. The fourth-order valence-corrected chi connectivity index (χ4v) is 0.275. The first-order valence-corrected chi connectivity index (χ1v) is 2.23. The second-order valence-electron chi connectivity index (χ2n) is 1.45. The minimum absolute atomic E-state index is 0. The average Bonchev–Trinajstić information content (AvgIpc) is 1.65. The normalized spacial score (nSPS) is 7.33. The van der Waals surface area contributed by atoms with Gasteiger partial charge in [0, 0.05) is 0 Å². The zero-order chi connectivity index (χ0) is 6.57. The summed E-state index contributed by atoms with van der Waals surface area (Å²) in [6, 6.07) is 0. The van der Waals surface area contributed by atoms with Crippen molar-refractivity contribution in [3.8, 4) is 0 Å². The first-order valence-electron chi connectivity index (χ1n) is 2.23. The molecular weight excluding hydrogens is 132 g/mol. The van der Waals surface area contributed by atoms with Crippen LogP contribution < -0.4 is 0 Å². The molecule has 0 fully saturated rings. The summed E-state index contributed by atoms with van der Waals surface area (Å²) in [5.74, 6) is -0.644. The number of carbonyl (C=O) groups excluding carboxylic acids is 2. The second-order valence-corrected chi connectivity index (χ2v) is 1.45. The summed E-state index contributed by atoms with van der Waals surface area (Å²) in [4.78, 5) is 20.3. The van der Waals surface area contributed by atoms with Gasteiger partial charge in [0.15, 0.2) is 0 Å². The second kappa shape index (κ2) is 6.03.